The minimum atomic E-state index is -0.0842. The van der Waals surface area contributed by atoms with Gasteiger partial charge in [-0.05, 0) is 37.5 Å². The van der Waals surface area contributed by atoms with Crippen molar-refractivity contribution in [2.24, 2.45) is 4.99 Å². The van der Waals surface area contributed by atoms with Crippen molar-refractivity contribution >= 4 is 5.96 Å². The maximum Gasteiger partial charge on any atom is 0.193 e. The van der Waals surface area contributed by atoms with E-state index in [-0.39, 0.29) is 5.41 Å². The lowest BCUT2D eigenvalue weighted by Crippen LogP contribution is -2.49. The van der Waals surface area contributed by atoms with Gasteiger partial charge in [-0.25, -0.2) is 0 Å². The molecular formula is C21H35N3O3. The number of ether oxygens (including phenoxy) is 3. The van der Waals surface area contributed by atoms with Crippen molar-refractivity contribution in [1.82, 2.24) is 10.2 Å². The Morgan fingerprint density at radius 3 is 2.41 bits per heavy atom. The number of hydrogen-bond acceptors (Lipinski definition) is 4. The van der Waals surface area contributed by atoms with Crippen molar-refractivity contribution in [3.05, 3.63) is 23.8 Å². The van der Waals surface area contributed by atoms with Crippen LogP contribution in [-0.4, -0.2) is 64.5 Å². The molecule has 0 spiro atoms. The first-order valence-corrected chi connectivity index (χ1v) is 9.74. The van der Waals surface area contributed by atoms with Crippen LogP contribution in [0.15, 0.2) is 23.2 Å². The highest BCUT2D eigenvalue weighted by molar-refractivity contribution is 5.80. The molecule has 2 rings (SSSR count). The molecule has 152 valence electrons. The maximum atomic E-state index is 5.75. The van der Waals surface area contributed by atoms with Crippen LogP contribution >= 0.6 is 0 Å². The Hall–Kier alpha value is -1.95. The van der Waals surface area contributed by atoms with E-state index in [1.165, 1.54) is 5.56 Å². The highest BCUT2D eigenvalue weighted by Gasteiger charge is 2.25. The maximum absolute atomic E-state index is 5.75. The third kappa shape index (κ3) is 5.51. The van der Waals surface area contributed by atoms with Crippen molar-refractivity contribution < 1.29 is 14.2 Å². The molecular weight excluding hydrogens is 342 g/mol. The number of hydrogen-bond donors (Lipinski definition) is 1. The summed E-state index contributed by atoms with van der Waals surface area (Å²) in [6.07, 6.45) is 2.48. The zero-order valence-electron chi connectivity index (χ0n) is 17.7. The first kappa shape index (κ1) is 21.4. The zero-order chi connectivity index (χ0) is 19.9. The van der Waals surface area contributed by atoms with Gasteiger partial charge in [0.2, 0.25) is 0 Å². The largest absolute Gasteiger partial charge is 0.493 e. The number of nitrogens with zero attached hydrogens (tertiary/aromatic N) is 2. The number of guanidine groups is 1. The molecule has 6 heteroatoms. The minimum absolute atomic E-state index is 0.0842. The number of rotatable bonds is 7. The van der Waals surface area contributed by atoms with Gasteiger partial charge in [0.05, 0.1) is 20.3 Å². The molecule has 0 aliphatic carbocycles. The molecule has 0 bridgehead atoms. The monoisotopic (exact) mass is 377 g/mol. The number of methoxy groups -OCH3 is 2. The van der Waals surface area contributed by atoms with Crippen LogP contribution < -0.4 is 14.8 Å². The van der Waals surface area contributed by atoms with Crippen molar-refractivity contribution in [2.45, 2.75) is 45.1 Å². The van der Waals surface area contributed by atoms with Crippen LogP contribution in [-0.2, 0) is 10.2 Å². The Labute approximate surface area is 163 Å². The molecule has 0 aromatic heterocycles. The number of aliphatic imine (C=N–C) groups is 1. The van der Waals surface area contributed by atoms with Gasteiger partial charge in [0.1, 0.15) is 0 Å². The first-order chi connectivity index (χ1) is 12.9. The van der Waals surface area contributed by atoms with Crippen molar-refractivity contribution in [2.75, 3.05) is 47.5 Å². The first-order valence-electron chi connectivity index (χ1n) is 9.74. The predicted molar refractivity (Wildman–Crippen MR) is 110 cm³/mol. The van der Waals surface area contributed by atoms with Crippen LogP contribution in [0.5, 0.6) is 11.5 Å². The molecule has 0 saturated carbocycles. The third-order valence-electron chi connectivity index (χ3n) is 5.21. The molecule has 1 saturated heterocycles. The third-order valence-corrected chi connectivity index (χ3v) is 5.21. The van der Waals surface area contributed by atoms with Crippen LogP contribution in [0.25, 0.3) is 0 Å². The smallest absolute Gasteiger partial charge is 0.193 e. The van der Waals surface area contributed by atoms with Gasteiger partial charge in [-0.2, -0.15) is 0 Å². The van der Waals surface area contributed by atoms with Crippen LogP contribution in [0.2, 0.25) is 0 Å². The fourth-order valence-electron chi connectivity index (χ4n) is 3.46. The summed E-state index contributed by atoms with van der Waals surface area (Å²) in [6.45, 7) is 10.0. The van der Waals surface area contributed by atoms with Crippen molar-refractivity contribution in [3.63, 3.8) is 0 Å². The molecule has 0 unspecified atom stereocenters. The van der Waals surface area contributed by atoms with Gasteiger partial charge < -0.3 is 24.4 Å². The fourth-order valence-corrected chi connectivity index (χ4v) is 3.46. The summed E-state index contributed by atoms with van der Waals surface area (Å²) in [5.41, 5.74) is 1.11. The highest BCUT2D eigenvalue weighted by atomic mass is 16.5. The highest BCUT2D eigenvalue weighted by Crippen LogP contribution is 2.33. The Bertz CT molecular complexity index is 623. The fraction of sp³-hybridized carbons (Fsp3) is 0.667. The van der Waals surface area contributed by atoms with Crippen LogP contribution in [0.3, 0.4) is 0 Å². The summed E-state index contributed by atoms with van der Waals surface area (Å²) in [5.74, 6) is 2.46. The molecule has 1 aliphatic heterocycles. The van der Waals surface area contributed by atoms with Gasteiger partial charge in [-0.1, -0.05) is 19.9 Å². The van der Waals surface area contributed by atoms with E-state index in [9.17, 15) is 0 Å². The Kier molecular flexibility index (Phi) is 7.78. The summed E-state index contributed by atoms with van der Waals surface area (Å²) in [6, 6.07) is 6.11. The molecule has 0 atom stereocenters. The molecule has 1 heterocycles. The van der Waals surface area contributed by atoms with Crippen LogP contribution in [0.1, 0.15) is 39.2 Å². The SMILES string of the molecule is CCOC1CCN(C(=NC)NCC(C)(C)c2ccc(OC)c(OC)c2)CC1. The molecule has 6 nitrogen and oxygen atoms in total. The Morgan fingerprint density at radius 2 is 1.85 bits per heavy atom. The Morgan fingerprint density at radius 1 is 1.19 bits per heavy atom. The van der Waals surface area contributed by atoms with E-state index in [0.717, 1.165) is 56.5 Å². The number of nitrogens with one attached hydrogen (secondary N) is 1. The van der Waals surface area contributed by atoms with Gasteiger partial charge in [0, 0.05) is 38.7 Å². The molecule has 0 radical (unpaired) electrons. The van der Waals surface area contributed by atoms with E-state index < -0.39 is 0 Å². The van der Waals surface area contributed by atoms with Crippen LogP contribution in [0, 0.1) is 0 Å². The molecule has 1 N–H and O–H groups in total. The van der Waals surface area contributed by atoms with E-state index >= 15 is 0 Å². The van der Waals surface area contributed by atoms with Gasteiger partial charge in [0.15, 0.2) is 17.5 Å². The quantitative estimate of drug-likeness (QED) is 0.585. The average Bonchev–Trinajstić information content (AvgIpc) is 2.69. The average molecular weight is 378 g/mol. The summed E-state index contributed by atoms with van der Waals surface area (Å²) in [4.78, 5) is 6.81. The second-order valence-electron chi connectivity index (χ2n) is 7.50. The summed E-state index contributed by atoms with van der Waals surface area (Å²) in [7, 11) is 5.17. The standard InChI is InChI=1S/C21H35N3O3/c1-7-27-17-10-12-24(13-11-17)20(22-4)23-15-21(2,3)16-8-9-18(25-5)19(14-16)26-6/h8-9,14,17H,7,10-13,15H2,1-6H3,(H,22,23). The van der Waals surface area contributed by atoms with Gasteiger partial charge >= 0.3 is 0 Å². The lowest BCUT2D eigenvalue weighted by Gasteiger charge is -2.35. The molecule has 1 aromatic rings. The van der Waals surface area contributed by atoms with E-state index in [1.807, 2.05) is 13.1 Å². The minimum Gasteiger partial charge on any atom is -0.493 e. The number of piperidine rings is 1. The Balaban J connectivity index is 1.99. The predicted octanol–water partition coefficient (Wildman–Crippen LogP) is 3.06. The molecule has 1 aliphatic rings. The zero-order valence-corrected chi connectivity index (χ0v) is 17.7. The van der Waals surface area contributed by atoms with Crippen LogP contribution in [0.4, 0.5) is 0 Å². The van der Waals surface area contributed by atoms with E-state index in [0.29, 0.717) is 6.10 Å². The second-order valence-corrected chi connectivity index (χ2v) is 7.50. The summed E-state index contributed by atoms with van der Waals surface area (Å²) in [5, 5.41) is 3.55. The summed E-state index contributed by atoms with van der Waals surface area (Å²) < 4.78 is 16.6. The molecule has 27 heavy (non-hydrogen) atoms. The molecule has 1 aromatic carbocycles. The van der Waals surface area contributed by atoms with Gasteiger partial charge in [-0.3, -0.25) is 4.99 Å². The van der Waals surface area contributed by atoms with E-state index in [2.05, 4.69) is 48.1 Å². The van der Waals surface area contributed by atoms with E-state index in [4.69, 9.17) is 14.2 Å². The second kappa shape index (κ2) is 9.83. The summed E-state index contributed by atoms with van der Waals surface area (Å²) >= 11 is 0. The van der Waals surface area contributed by atoms with Crippen molar-refractivity contribution in [3.8, 4) is 11.5 Å². The molecule has 0 amide bonds. The van der Waals surface area contributed by atoms with Gasteiger partial charge in [-0.15, -0.1) is 0 Å². The van der Waals surface area contributed by atoms with Crippen molar-refractivity contribution in [1.29, 1.82) is 0 Å². The topological polar surface area (TPSA) is 55.3 Å². The lowest BCUT2D eigenvalue weighted by molar-refractivity contribution is 0.0263. The van der Waals surface area contributed by atoms with E-state index in [1.54, 1.807) is 14.2 Å². The van der Waals surface area contributed by atoms with Gasteiger partial charge in [0.25, 0.3) is 0 Å². The number of benzene rings is 1. The normalized spacial score (nSPS) is 16.4. The lowest BCUT2D eigenvalue weighted by atomic mass is 9.84. The molecule has 1 fully saturated rings. The number of likely N-dealkylation sites (tertiary alicyclic amines) is 1.